The van der Waals surface area contributed by atoms with Gasteiger partial charge in [-0.15, -0.1) is 0 Å². The number of carbonyl (C=O) groups excluding carboxylic acids is 2. The zero-order chi connectivity index (χ0) is 8.77. The largest absolute Gasteiger partial charge is 0.295 e. The molecule has 4 heteroatoms. The Morgan fingerprint density at radius 1 is 1.50 bits per heavy atom. The summed E-state index contributed by atoms with van der Waals surface area (Å²) in [5.74, 6) is -0.692. The highest BCUT2D eigenvalue weighted by molar-refractivity contribution is 7.82. The van der Waals surface area contributed by atoms with E-state index in [2.05, 4.69) is 17.9 Å². The fourth-order valence-corrected chi connectivity index (χ4v) is 2.10. The molecule has 0 aromatic carbocycles. The second-order valence-corrected chi connectivity index (χ2v) is 4.00. The monoisotopic (exact) mass is 183 g/mol. The molecular formula is C8H9NO2S. The van der Waals surface area contributed by atoms with Gasteiger partial charge in [-0.1, -0.05) is 12.2 Å². The van der Waals surface area contributed by atoms with Gasteiger partial charge < -0.3 is 0 Å². The van der Waals surface area contributed by atoms with Gasteiger partial charge >= 0.3 is 0 Å². The number of hydrogen-bond donors (Lipinski definition) is 2. The standard InChI is InChI=1S/C8H9NO2S/c10-6-5-3-1-2-4-8(5,12)7(11)9-6/h1-2,5,12H,3-4H2,(H,9,10,11). The first-order valence-electron chi connectivity index (χ1n) is 3.87. The highest BCUT2D eigenvalue weighted by atomic mass is 32.1. The van der Waals surface area contributed by atoms with Crippen LogP contribution in [0.25, 0.3) is 0 Å². The summed E-state index contributed by atoms with van der Waals surface area (Å²) in [7, 11) is 0. The topological polar surface area (TPSA) is 46.2 Å². The van der Waals surface area contributed by atoms with Crippen molar-refractivity contribution in [1.29, 1.82) is 0 Å². The summed E-state index contributed by atoms with van der Waals surface area (Å²) in [6.07, 6.45) is 5.01. The van der Waals surface area contributed by atoms with Crippen molar-refractivity contribution in [2.45, 2.75) is 17.6 Å². The van der Waals surface area contributed by atoms with Gasteiger partial charge in [0.2, 0.25) is 11.8 Å². The Morgan fingerprint density at radius 2 is 2.25 bits per heavy atom. The Kier molecular flexibility index (Phi) is 1.54. The fourth-order valence-electron chi connectivity index (χ4n) is 1.71. The number of thiol groups is 1. The molecule has 1 aliphatic carbocycles. The zero-order valence-corrected chi connectivity index (χ0v) is 7.30. The molecule has 2 amide bonds. The zero-order valence-electron chi connectivity index (χ0n) is 6.41. The minimum Gasteiger partial charge on any atom is -0.295 e. The molecular weight excluding hydrogens is 174 g/mol. The summed E-state index contributed by atoms with van der Waals surface area (Å²) in [6, 6.07) is 0. The summed E-state index contributed by atoms with van der Waals surface area (Å²) in [4.78, 5) is 22.5. The quantitative estimate of drug-likeness (QED) is 0.322. The summed E-state index contributed by atoms with van der Waals surface area (Å²) in [5.41, 5.74) is 0. The average molecular weight is 183 g/mol. The van der Waals surface area contributed by atoms with Gasteiger partial charge in [-0.05, 0) is 12.8 Å². The van der Waals surface area contributed by atoms with Gasteiger partial charge in [0.15, 0.2) is 0 Å². The molecule has 0 aromatic rings. The molecule has 0 bridgehead atoms. The van der Waals surface area contributed by atoms with Crippen molar-refractivity contribution >= 4 is 24.4 Å². The van der Waals surface area contributed by atoms with E-state index < -0.39 is 4.75 Å². The van der Waals surface area contributed by atoms with Crippen LogP contribution in [0, 0.1) is 5.92 Å². The molecule has 2 rings (SSSR count). The second-order valence-electron chi connectivity index (χ2n) is 3.21. The lowest BCUT2D eigenvalue weighted by Gasteiger charge is -2.26. The molecule has 0 spiro atoms. The lowest BCUT2D eigenvalue weighted by Crippen LogP contribution is -2.37. The smallest absolute Gasteiger partial charge is 0.243 e. The van der Waals surface area contributed by atoms with E-state index in [1.807, 2.05) is 12.2 Å². The number of rotatable bonds is 0. The van der Waals surface area contributed by atoms with Crippen LogP contribution in [0.3, 0.4) is 0 Å². The van der Waals surface area contributed by atoms with Crippen molar-refractivity contribution in [1.82, 2.24) is 5.32 Å². The summed E-state index contributed by atoms with van der Waals surface area (Å²) in [5, 5.41) is 2.31. The van der Waals surface area contributed by atoms with E-state index in [0.717, 1.165) is 0 Å². The normalized spacial score (nSPS) is 39.6. The van der Waals surface area contributed by atoms with Crippen molar-refractivity contribution in [2.24, 2.45) is 5.92 Å². The van der Waals surface area contributed by atoms with Gasteiger partial charge in [0.05, 0.1) is 5.92 Å². The van der Waals surface area contributed by atoms with Crippen molar-refractivity contribution in [2.75, 3.05) is 0 Å². The third kappa shape index (κ3) is 0.843. The lowest BCUT2D eigenvalue weighted by molar-refractivity contribution is -0.125. The highest BCUT2D eigenvalue weighted by Gasteiger charge is 2.52. The molecule has 2 atom stereocenters. The molecule has 1 heterocycles. The first-order valence-corrected chi connectivity index (χ1v) is 4.32. The number of imide groups is 1. The van der Waals surface area contributed by atoms with E-state index in [1.165, 1.54) is 0 Å². The Bertz CT molecular complexity index is 287. The Morgan fingerprint density at radius 3 is 2.92 bits per heavy atom. The maximum Gasteiger partial charge on any atom is 0.243 e. The Labute approximate surface area is 75.6 Å². The number of amides is 2. The van der Waals surface area contributed by atoms with Crippen molar-refractivity contribution in [3.63, 3.8) is 0 Å². The molecule has 3 nitrogen and oxygen atoms in total. The van der Waals surface area contributed by atoms with E-state index in [1.54, 1.807) is 0 Å². The van der Waals surface area contributed by atoms with Gasteiger partial charge in [0.1, 0.15) is 4.75 Å². The number of carbonyl (C=O) groups is 2. The molecule has 0 radical (unpaired) electrons. The fraction of sp³-hybridized carbons (Fsp3) is 0.500. The summed E-state index contributed by atoms with van der Waals surface area (Å²) in [6.45, 7) is 0. The molecule has 2 aliphatic rings. The Hall–Kier alpha value is -0.770. The maximum absolute atomic E-state index is 11.3. The minimum absolute atomic E-state index is 0.181. The number of allylic oxidation sites excluding steroid dienone is 2. The molecule has 12 heavy (non-hydrogen) atoms. The van der Waals surface area contributed by atoms with Crippen LogP contribution in [0.2, 0.25) is 0 Å². The van der Waals surface area contributed by atoms with E-state index in [9.17, 15) is 9.59 Å². The molecule has 1 aliphatic heterocycles. The van der Waals surface area contributed by atoms with E-state index in [4.69, 9.17) is 0 Å². The third-order valence-electron chi connectivity index (χ3n) is 2.49. The van der Waals surface area contributed by atoms with E-state index >= 15 is 0 Å². The molecule has 0 aromatic heterocycles. The number of nitrogens with one attached hydrogen (secondary N) is 1. The minimum atomic E-state index is -0.772. The van der Waals surface area contributed by atoms with Crippen LogP contribution < -0.4 is 5.32 Å². The predicted octanol–water partition coefficient (Wildman–Crippen LogP) is 0.278. The third-order valence-corrected chi connectivity index (χ3v) is 3.19. The van der Waals surface area contributed by atoms with Crippen molar-refractivity contribution < 1.29 is 9.59 Å². The molecule has 1 saturated heterocycles. The van der Waals surface area contributed by atoms with Gasteiger partial charge in [-0.2, -0.15) is 12.6 Å². The second kappa shape index (κ2) is 2.36. The first kappa shape index (κ1) is 7.86. The van der Waals surface area contributed by atoms with Crippen LogP contribution in [0.15, 0.2) is 12.2 Å². The molecule has 0 saturated carbocycles. The summed E-state index contributed by atoms with van der Waals surface area (Å²) >= 11 is 4.28. The van der Waals surface area contributed by atoms with Crippen LogP contribution in [-0.2, 0) is 9.59 Å². The molecule has 1 fully saturated rings. The molecule has 64 valence electrons. The van der Waals surface area contributed by atoms with Crippen LogP contribution in [0.1, 0.15) is 12.8 Å². The SMILES string of the molecule is O=C1NC(=O)C2(S)CC=CCC12. The first-order chi connectivity index (χ1) is 5.64. The average Bonchev–Trinajstić information content (AvgIpc) is 2.25. The van der Waals surface area contributed by atoms with Gasteiger partial charge in [-0.25, -0.2) is 0 Å². The number of fused-ring (bicyclic) bond motifs is 1. The predicted molar refractivity (Wildman–Crippen MR) is 46.7 cm³/mol. The summed E-state index contributed by atoms with van der Waals surface area (Å²) < 4.78 is -0.772. The van der Waals surface area contributed by atoms with Gasteiger partial charge in [0.25, 0.3) is 0 Å². The van der Waals surface area contributed by atoms with Crippen LogP contribution in [0.4, 0.5) is 0 Å². The van der Waals surface area contributed by atoms with Gasteiger partial charge in [-0.3, -0.25) is 14.9 Å². The number of hydrogen-bond acceptors (Lipinski definition) is 3. The lowest BCUT2D eigenvalue weighted by atomic mass is 9.84. The molecule has 2 unspecified atom stereocenters. The highest BCUT2D eigenvalue weighted by Crippen LogP contribution is 2.39. The Balaban J connectivity index is 2.41. The van der Waals surface area contributed by atoms with E-state index in [0.29, 0.717) is 12.8 Å². The van der Waals surface area contributed by atoms with Crippen LogP contribution in [-0.4, -0.2) is 16.6 Å². The van der Waals surface area contributed by atoms with Crippen LogP contribution in [0.5, 0.6) is 0 Å². The molecule has 1 N–H and O–H groups in total. The van der Waals surface area contributed by atoms with Crippen molar-refractivity contribution in [3.05, 3.63) is 12.2 Å². The van der Waals surface area contributed by atoms with Crippen molar-refractivity contribution in [3.8, 4) is 0 Å². The van der Waals surface area contributed by atoms with Gasteiger partial charge in [0, 0.05) is 0 Å². The van der Waals surface area contributed by atoms with Crippen LogP contribution >= 0.6 is 12.6 Å². The maximum atomic E-state index is 11.3. The van der Waals surface area contributed by atoms with E-state index in [-0.39, 0.29) is 17.7 Å².